The van der Waals surface area contributed by atoms with Crippen molar-refractivity contribution >= 4 is 10.9 Å². The Balaban J connectivity index is 2.33. The summed E-state index contributed by atoms with van der Waals surface area (Å²) in [4.78, 5) is 3.20. The van der Waals surface area contributed by atoms with Gasteiger partial charge in [-0.3, -0.25) is 0 Å². The molecule has 1 aromatic carbocycles. The molecule has 0 bridgehead atoms. The molecule has 2 aromatic rings. The zero-order chi connectivity index (χ0) is 8.89. The van der Waals surface area contributed by atoms with Crippen LogP contribution >= 0.6 is 0 Å². The summed E-state index contributed by atoms with van der Waals surface area (Å²) in [5.41, 5.74) is 2.46. The van der Waals surface area contributed by atoms with Crippen LogP contribution in [0.2, 0.25) is 0 Å². The van der Waals surface area contributed by atoms with Crippen molar-refractivity contribution in [1.82, 2.24) is 4.98 Å². The van der Waals surface area contributed by atoms with Gasteiger partial charge >= 0.3 is 0 Å². The Morgan fingerprint density at radius 1 is 1.38 bits per heavy atom. The third kappa shape index (κ3) is 0.923. The Morgan fingerprint density at radius 2 is 2.23 bits per heavy atom. The molecule has 1 fully saturated rings. The summed E-state index contributed by atoms with van der Waals surface area (Å²) in [6.45, 7) is 2.98. The zero-order valence-corrected chi connectivity index (χ0v) is 7.50. The summed E-state index contributed by atoms with van der Waals surface area (Å²) >= 11 is 0. The average molecular weight is 173 g/mol. The Hall–Kier alpha value is -1.28. The highest BCUT2D eigenvalue weighted by atomic mass is 16.6. The number of aromatic amines is 1. The van der Waals surface area contributed by atoms with E-state index in [4.69, 9.17) is 4.74 Å². The van der Waals surface area contributed by atoms with Crippen molar-refractivity contribution in [2.75, 3.05) is 6.61 Å². The largest absolute Gasteiger partial charge is 0.365 e. The van der Waals surface area contributed by atoms with Crippen LogP contribution in [0.4, 0.5) is 0 Å². The monoisotopic (exact) mass is 173 g/mol. The lowest BCUT2D eigenvalue weighted by Gasteiger charge is -2.06. The topological polar surface area (TPSA) is 28.3 Å². The maximum absolute atomic E-state index is 5.45. The van der Waals surface area contributed by atoms with Crippen molar-refractivity contribution < 1.29 is 4.74 Å². The van der Waals surface area contributed by atoms with Gasteiger partial charge in [-0.1, -0.05) is 12.1 Å². The number of rotatable bonds is 1. The second-order valence-electron chi connectivity index (χ2n) is 3.76. The molecule has 66 valence electrons. The van der Waals surface area contributed by atoms with Gasteiger partial charge in [0.2, 0.25) is 0 Å². The molecule has 0 amide bonds. The fourth-order valence-corrected chi connectivity index (χ4v) is 1.81. The smallest absolute Gasteiger partial charge is 0.114 e. The van der Waals surface area contributed by atoms with E-state index in [1.54, 1.807) is 0 Å². The standard InChI is InChI=1S/C11H11NO/c1-11(7-13-11)9-3-2-4-10-8(9)5-6-12-10/h2-6,12H,7H2,1H3. The van der Waals surface area contributed by atoms with E-state index in [0.717, 1.165) is 6.61 Å². The summed E-state index contributed by atoms with van der Waals surface area (Å²) in [6.07, 6.45) is 1.97. The van der Waals surface area contributed by atoms with Crippen molar-refractivity contribution in [1.29, 1.82) is 0 Å². The molecule has 0 saturated carbocycles. The minimum absolute atomic E-state index is 0.0261. The second kappa shape index (κ2) is 2.15. The van der Waals surface area contributed by atoms with E-state index >= 15 is 0 Å². The molecule has 1 atom stereocenters. The van der Waals surface area contributed by atoms with Gasteiger partial charge in [0.05, 0.1) is 6.61 Å². The van der Waals surface area contributed by atoms with E-state index in [2.05, 4.69) is 36.2 Å². The third-order valence-electron chi connectivity index (χ3n) is 2.74. The predicted molar refractivity (Wildman–Crippen MR) is 51.6 cm³/mol. The maximum atomic E-state index is 5.45. The number of fused-ring (bicyclic) bond motifs is 1. The van der Waals surface area contributed by atoms with E-state index in [0.29, 0.717) is 0 Å². The molecule has 2 heteroatoms. The molecule has 0 spiro atoms. The van der Waals surface area contributed by atoms with Crippen molar-refractivity contribution in [2.45, 2.75) is 12.5 Å². The van der Waals surface area contributed by atoms with Gasteiger partial charge in [-0.25, -0.2) is 0 Å². The molecule has 0 aliphatic carbocycles. The summed E-state index contributed by atoms with van der Waals surface area (Å²) in [5, 5.41) is 1.28. The molecular formula is C11H11NO. The number of hydrogen-bond donors (Lipinski definition) is 1. The molecule has 3 rings (SSSR count). The first kappa shape index (κ1) is 7.15. The number of ether oxygens (including phenoxy) is 1. The van der Waals surface area contributed by atoms with Crippen LogP contribution in [0.3, 0.4) is 0 Å². The van der Waals surface area contributed by atoms with Gasteiger partial charge in [0, 0.05) is 17.1 Å². The van der Waals surface area contributed by atoms with Gasteiger partial charge < -0.3 is 9.72 Å². The Bertz CT molecular complexity index is 454. The van der Waals surface area contributed by atoms with Gasteiger partial charge in [0.1, 0.15) is 5.60 Å². The number of hydrogen-bond acceptors (Lipinski definition) is 1. The van der Waals surface area contributed by atoms with Crippen molar-refractivity contribution in [3.05, 3.63) is 36.0 Å². The molecule has 1 saturated heterocycles. The van der Waals surface area contributed by atoms with E-state index < -0.39 is 0 Å². The summed E-state index contributed by atoms with van der Waals surface area (Å²) < 4.78 is 5.45. The van der Waals surface area contributed by atoms with Crippen LogP contribution in [0.25, 0.3) is 10.9 Å². The summed E-state index contributed by atoms with van der Waals surface area (Å²) in [7, 11) is 0. The van der Waals surface area contributed by atoms with Crippen LogP contribution in [-0.2, 0) is 10.3 Å². The fourth-order valence-electron chi connectivity index (χ4n) is 1.81. The minimum Gasteiger partial charge on any atom is -0.365 e. The Kier molecular flexibility index (Phi) is 1.18. The summed E-state index contributed by atoms with van der Waals surface area (Å²) in [5.74, 6) is 0. The highest BCUT2D eigenvalue weighted by Gasteiger charge is 2.42. The summed E-state index contributed by atoms with van der Waals surface area (Å²) in [6, 6.07) is 8.41. The quantitative estimate of drug-likeness (QED) is 0.659. The van der Waals surface area contributed by atoms with Crippen LogP contribution in [0.15, 0.2) is 30.5 Å². The number of nitrogens with one attached hydrogen (secondary N) is 1. The van der Waals surface area contributed by atoms with Crippen LogP contribution in [-0.4, -0.2) is 11.6 Å². The lowest BCUT2D eigenvalue weighted by molar-refractivity contribution is 0.331. The lowest BCUT2D eigenvalue weighted by atomic mass is 9.98. The fraction of sp³-hybridized carbons (Fsp3) is 0.273. The molecule has 1 unspecified atom stereocenters. The van der Waals surface area contributed by atoms with Crippen LogP contribution in [0, 0.1) is 0 Å². The number of aromatic nitrogens is 1. The molecule has 1 aliphatic rings. The van der Waals surface area contributed by atoms with E-state index in [1.165, 1.54) is 16.5 Å². The van der Waals surface area contributed by atoms with Gasteiger partial charge in [0.15, 0.2) is 0 Å². The molecule has 2 heterocycles. The molecule has 1 aromatic heterocycles. The lowest BCUT2D eigenvalue weighted by Crippen LogP contribution is -2.01. The molecule has 0 radical (unpaired) electrons. The Morgan fingerprint density at radius 3 is 3.00 bits per heavy atom. The van der Waals surface area contributed by atoms with Gasteiger partial charge in [-0.15, -0.1) is 0 Å². The van der Waals surface area contributed by atoms with Crippen molar-refractivity contribution in [3.8, 4) is 0 Å². The van der Waals surface area contributed by atoms with E-state index in [-0.39, 0.29) is 5.60 Å². The average Bonchev–Trinajstić information content (AvgIpc) is 2.72. The molecule has 1 aliphatic heterocycles. The normalized spacial score (nSPS) is 26.5. The maximum Gasteiger partial charge on any atom is 0.114 e. The second-order valence-corrected chi connectivity index (χ2v) is 3.76. The molecule has 13 heavy (non-hydrogen) atoms. The number of epoxide rings is 1. The predicted octanol–water partition coefficient (Wildman–Crippen LogP) is 2.41. The van der Waals surface area contributed by atoms with Crippen molar-refractivity contribution in [3.63, 3.8) is 0 Å². The SMILES string of the molecule is CC1(c2cccc3[nH]ccc23)CO1. The van der Waals surface area contributed by atoms with Gasteiger partial charge in [-0.2, -0.15) is 0 Å². The first-order valence-electron chi connectivity index (χ1n) is 4.50. The van der Waals surface area contributed by atoms with E-state index in [1.807, 2.05) is 6.20 Å². The van der Waals surface area contributed by atoms with Crippen LogP contribution in [0.5, 0.6) is 0 Å². The number of benzene rings is 1. The van der Waals surface area contributed by atoms with Gasteiger partial charge in [0.25, 0.3) is 0 Å². The minimum atomic E-state index is -0.0261. The van der Waals surface area contributed by atoms with Crippen LogP contribution in [0.1, 0.15) is 12.5 Å². The van der Waals surface area contributed by atoms with Gasteiger partial charge in [-0.05, 0) is 24.6 Å². The molecular weight excluding hydrogens is 162 g/mol. The first-order chi connectivity index (χ1) is 6.30. The first-order valence-corrected chi connectivity index (χ1v) is 4.50. The third-order valence-corrected chi connectivity index (χ3v) is 2.74. The van der Waals surface area contributed by atoms with E-state index in [9.17, 15) is 0 Å². The Labute approximate surface area is 76.5 Å². The highest BCUT2D eigenvalue weighted by Crippen LogP contribution is 2.41. The highest BCUT2D eigenvalue weighted by molar-refractivity contribution is 5.84. The van der Waals surface area contributed by atoms with Crippen molar-refractivity contribution in [2.24, 2.45) is 0 Å². The van der Waals surface area contributed by atoms with Crippen LogP contribution < -0.4 is 0 Å². The number of H-pyrrole nitrogens is 1. The zero-order valence-electron chi connectivity index (χ0n) is 7.50. The molecule has 2 nitrogen and oxygen atoms in total. The molecule has 1 N–H and O–H groups in total.